The molecule has 2 heterocycles. The third-order valence-corrected chi connectivity index (χ3v) is 7.43. The molecule has 0 saturated carbocycles. The largest absolute Gasteiger partial charge is 0.383 e. The van der Waals surface area contributed by atoms with Gasteiger partial charge in [-0.2, -0.15) is 4.36 Å². The molecule has 2 aromatic rings. The van der Waals surface area contributed by atoms with Gasteiger partial charge in [-0.3, -0.25) is 10.1 Å². The van der Waals surface area contributed by atoms with Gasteiger partial charge in [0.15, 0.2) is 0 Å². The lowest BCUT2D eigenvalue weighted by Crippen LogP contribution is -2.15. The second kappa shape index (κ2) is 7.98. The van der Waals surface area contributed by atoms with Crippen LogP contribution >= 0.6 is 11.3 Å². The van der Waals surface area contributed by atoms with Crippen LogP contribution in [0.1, 0.15) is 67.6 Å². The number of anilines is 1. The Hall–Kier alpha value is -1.68. The number of hydrogen-bond acceptors (Lipinski definition) is 5. The number of amides is 2. The van der Waals surface area contributed by atoms with Crippen molar-refractivity contribution in [3.05, 3.63) is 33.7 Å². The first kappa shape index (κ1) is 21.0. The average molecular weight is 422 g/mol. The minimum absolute atomic E-state index is 0.278. The van der Waals surface area contributed by atoms with Gasteiger partial charge in [-0.1, -0.05) is 13.8 Å². The van der Waals surface area contributed by atoms with E-state index in [2.05, 4.69) is 28.5 Å². The van der Waals surface area contributed by atoms with Gasteiger partial charge in [0.1, 0.15) is 14.8 Å². The summed E-state index contributed by atoms with van der Waals surface area (Å²) in [4.78, 5) is 21.6. The molecular formula is C19H27N5O2S2. The van der Waals surface area contributed by atoms with Gasteiger partial charge >= 0.3 is 6.03 Å². The molecule has 1 aliphatic rings. The molecule has 3 rings (SSSR count). The number of nitrogens with two attached hydrogens (primary N) is 1. The zero-order valence-corrected chi connectivity index (χ0v) is 18.5. The molecule has 2 amide bonds. The van der Waals surface area contributed by atoms with E-state index in [0.29, 0.717) is 9.22 Å². The van der Waals surface area contributed by atoms with Crippen molar-refractivity contribution < 1.29 is 9.90 Å². The molecular weight excluding hydrogens is 394 g/mol. The van der Waals surface area contributed by atoms with Gasteiger partial charge in [-0.15, -0.1) is 11.3 Å². The number of aryl methyl sites for hydroxylation is 1. The van der Waals surface area contributed by atoms with Gasteiger partial charge in [-0.25, -0.2) is 9.78 Å². The Morgan fingerprint density at radius 1 is 1.43 bits per heavy atom. The number of aliphatic hydroxyl groups is 1. The first-order valence-corrected chi connectivity index (χ1v) is 11.4. The Labute approximate surface area is 172 Å². The number of nitrogens with one attached hydrogen (secondary N) is 1. The molecule has 0 saturated heterocycles. The Kier molecular flexibility index (Phi) is 6.00. The van der Waals surface area contributed by atoms with Crippen LogP contribution in [-0.4, -0.2) is 21.1 Å². The molecule has 152 valence electrons. The zero-order valence-electron chi connectivity index (χ0n) is 16.9. The fraction of sp³-hybridized carbons (Fsp3) is 0.526. The highest BCUT2D eigenvalue weighted by molar-refractivity contribution is 7.87. The molecule has 1 atom stereocenters. The molecule has 0 fully saturated rings. The van der Waals surface area contributed by atoms with Crippen LogP contribution in [0.3, 0.4) is 0 Å². The lowest BCUT2D eigenvalue weighted by molar-refractivity contribution is 0.0783. The molecule has 9 heteroatoms. The van der Waals surface area contributed by atoms with E-state index in [1.54, 1.807) is 20.0 Å². The molecule has 28 heavy (non-hydrogen) atoms. The van der Waals surface area contributed by atoms with Gasteiger partial charge in [0.2, 0.25) is 0 Å². The highest BCUT2D eigenvalue weighted by Crippen LogP contribution is 2.34. The van der Waals surface area contributed by atoms with Crippen molar-refractivity contribution in [1.82, 2.24) is 9.97 Å². The summed E-state index contributed by atoms with van der Waals surface area (Å²) in [7, 11) is -1.13. The topological polar surface area (TPSA) is 113 Å². The SMILES string of the molecule is Cc1c(C(C)C)nc2c(c1NC(=O)N=S(N)c1cnc(C(C)(C)O)s1)CCC2. The van der Waals surface area contributed by atoms with E-state index in [9.17, 15) is 9.90 Å². The minimum Gasteiger partial charge on any atom is -0.383 e. The maximum absolute atomic E-state index is 12.6. The monoisotopic (exact) mass is 421 g/mol. The molecule has 2 aromatic heterocycles. The molecule has 0 aromatic carbocycles. The van der Waals surface area contributed by atoms with Crippen molar-refractivity contribution in [2.24, 2.45) is 9.50 Å². The van der Waals surface area contributed by atoms with Crippen molar-refractivity contribution in [3.8, 4) is 0 Å². The Morgan fingerprint density at radius 3 is 2.75 bits per heavy atom. The van der Waals surface area contributed by atoms with Crippen molar-refractivity contribution in [1.29, 1.82) is 0 Å². The first-order valence-electron chi connectivity index (χ1n) is 9.30. The van der Waals surface area contributed by atoms with Crippen LogP contribution in [0.15, 0.2) is 14.8 Å². The second-order valence-corrected chi connectivity index (χ2v) is 10.4. The third kappa shape index (κ3) is 4.32. The van der Waals surface area contributed by atoms with Crippen LogP contribution in [0.5, 0.6) is 0 Å². The highest BCUT2D eigenvalue weighted by Gasteiger charge is 2.24. The normalized spacial score (nSPS) is 15.1. The maximum atomic E-state index is 12.6. The fourth-order valence-corrected chi connectivity index (χ4v) is 5.15. The van der Waals surface area contributed by atoms with Crippen LogP contribution in [-0.2, 0) is 29.3 Å². The van der Waals surface area contributed by atoms with Crippen molar-refractivity contribution >= 4 is 33.9 Å². The van der Waals surface area contributed by atoms with E-state index >= 15 is 0 Å². The number of rotatable bonds is 4. The molecule has 1 aliphatic carbocycles. The number of urea groups is 1. The predicted octanol–water partition coefficient (Wildman–Crippen LogP) is 3.95. The van der Waals surface area contributed by atoms with E-state index < -0.39 is 22.5 Å². The van der Waals surface area contributed by atoms with Crippen molar-refractivity contribution in [2.45, 2.75) is 69.6 Å². The summed E-state index contributed by atoms with van der Waals surface area (Å²) in [5, 5.41) is 19.7. The number of hydrogen-bond donors (Lipinski definition) is 3. The van der Waals surface area contributed by atoms with Crippen LogP contribution in [0, 0.1) is 6.92 Å². The smallest absolute Gasteiger partial charge is 0.352 e. The number of carbonyl (C=O) groups is 1. The number of fused-ring (bicyclic) bond motifs is 1. The number of nitrogens with zero attached hydrogens (tertiary/aromatic N) is 3. The maximum Gasteiger partial charge on any atom is 0.352 e. The molecule has 7 nitrogen and oxygen atoms in total. The van der Waals surface area contributed by atoms with E-state index in [1.165, 1.54) is 11.3 Å². The highest BCUT2D eigenvalue weighted by atomic mass is 32.2. The van der Waals surface area contributed by atoms with Crippen LogP contribution < -0.4 is 10.5 Å². The molecule has 0 bridgehead atoms. The van der Waals surface area contributed by atoms with E-state index in [1.807, 2.05) is 6.92 Å². The Bertz CT molecular complexity index is 945. The number of carbonyl (C=O) groups excluding carboxylic acids is 1. The van der Waals surface area contributed by atoms with E-state index in [4.69, 9.17) is 10.1 Å². The van der Waals surface area contributed by atoms with Crippen LogP contribution in [0.25, 0.3) is 0 Å². The Morgan fingerprint density at radius 2 is 2.14 bits per heavy atom. The quantitative estimate of drug-likeness (QED) is 0.692. The second-order valence-electron chi connectivity index (χ2n) is 7.81. The van der Waals surface area contributed by atoms with Crippen molar-refractivity contribution in [3.63, 3.8) is 0 Å². The molecule has 0 spiro atoms. The summed E-state index contributed by atoms with van der Waals surface area (Å²) in [5.74, 6) is 0.278. The van der Waals surface area contributed by atoms with Crippen LogP contribution in [0.2, 0.25) is 0 Å². The van der Waals surface area contributed by atoms with Crippen molar-refractivity contribution in [2.75, 3.05) is 5.32 Å². The van der Waals surface area contributed by atoms with E-state index in [-0.39, 0.29) is 5.92 Å². The number of pyridine rings is 1. The third-order valence-electron chi connectivity index (χ3n) is 4.68. The zero-order chi connectivity index (χ0) is 20.6. The number of aromatic nitrogens is 2. The molecule has 1 unspecified atom stereocenters. The van der Waals surface area contributed by atoms with Crippen LogP contribution in [0.4, 0.5) is 10.5 Å². The Balaban J connectivity index is 1.87. The molecule has 4 N–H and O–H groups in total. The van der Waals surface area contributed by atoms with Gasteiger partial charge in [0.05, 0.1) is 11.9 Å². The summed E-state index contributed by atoms with van der Waals surface area (Å²) < 4.78 is 4.76. The average Bonchev–Trinajstić information content (AvgIpc) is 3.25. The molecule has 0 radical (unpaired) electrons. The van der Waals surface area contributed by atoms with Gasteiger partial charge in [0, 0.05) is 22.3 Å². The molecule has 0 aliphatic heterocycles. The van der Waals surface area contributed by atoms with Gasteiger partial charge < -0.3 is 10.4 Å². The van der Waals surface area contributed by atoms with Gasteiger partial charge in [0.25, 0.3) is 0 Å². The fourth-order valence-electron chi connectivity index (χ4n) is 3.34. The number of thiazole rings is 1. The van der Waals surface area contributed by atoms with E-state index in [0.717, 1.165) is 47.5 Å². The summed E-state index contributed by atoms with van der Waals surface area (Å²) in [5.41, 5.74) is 3.99. The van der Waals surface area contributed by atoms with Gasteiger partial charge in [-0.05, 0) is 57.1 Å². The predicted molar refractivity (Wildman–Crippen MR) is 114 cm³/mol. The first-order chi connectivity index (χ1) is 13.1. The summed E-state index contributed by atoms with van der Waals surface area (Å²) in [6.07, 6.45) is 4.47. The lowest BCUT2D eigenvalue weighted by atomic mass is 9.99. The summed E-state index contributed by atoms with van der Waals surface area (Å²) in [6, 6.07) is -0.470. The minimum atomic E-state index is -1.13. The lowest BCUT2D eigenvalue weighted by Gasteiger charge is -2.17. The summed E-state index contributed by atoms with van der Waals surface area (Å²) in [6.45, 7) is 9.53. The summed E-state index contributed by atoms with van der Waals surface area (Å²) >= 11 is 1.27. The standard InChI is InChI=1S/C19H27N5O2S2/c1-10(2)15-11(3)16(12-7-6-8-13(12)22-15)23-18(25)24-28(20)14-9-21-17(27-14)19(4,5)26/h9-10,26H,6-8H2,1-5H3,(H3,20,22,23,24,25).